The van der Waals surface area contributed by atoms with Crippen molar-refractivity contribution >= 4 is 17.5 Å². The lowest BCUT2D eigenvalue weighted by Crippen LogP contribution is -2.33. The zero-order valence-corrected chi connectivity index (χ0v) is 14.2. The third-order valence-corrected chi connectivity index (χ3v) is 3.87. The van der Waals surface area contributed by atoms with Crippen LogP contribution in [0.25, 0.3) is 0 Å². The molecule has 25 heavy (non-hydrogen) atoms. The largest absolute Gasteiger partial charge is 0.342 e. The Hall–Kier alpha value is -3.13. The van der Waals surface area contributed by atoms with Crippen molar-refractivity contribution in [1.29, 1.82) is 5.26 Å². The summed E-state index contributed by atoms with van der Waals surface area (Å²) in [6.07, 6.45) is 0.992. The van der Waals surface area contributed by atoms with Gasteiger partial charge in [0.15, 0.2) is 0 Å². The normalized spacial score (nSPS) is 9.92. The number of hydrogen-bond donors (Lipinski definition) is 1. The summed E-state index contributed by atoms with van der Waals surface area (Å²) in [5.74, 6) is -0.197. The van der Waals surface area contributed by atoms with Gasteiger partial charge in [-0.3, -0.25) is 9.59 Å². The van der Waals surface area contributed by atoms with Gasteiger partial charge in [0.1, 0.15) is 0 Å². The van der Waals surface area contributed by atoms with Gasteiger partial charge in [0, 0.05) is 32.1 Å². The molecule has 2 aromatic carbocycles. The van der Waals surface area contributed by atoms with Crippen LogP contribution in [0.15, 0.2) is 54.6 Å². The highest BCUT2D eigenvalue weighted by Gasteiger charge is 2.11. The average molecular weight is 335 g/mol. The highest BCUT2D eigenvalue weighted by Crippen LogP contribution is 2.09. The molecule has 2 aromatic rings. The van der Waals surface area contributed by atoms with Crippen molar-refractivity contribution in [1.82, 2.24) is 4.90 Å². The summed E-state index contributed by atoms with van der Waals surface area (Å²) in [4.78, 5) is 25.5. The van der Waals surface area contributed by atoms with Crippen molar-refractivity contribution in [2.45, 2.75) is 19.8 Å². The molecule has 0 aliphatic heterocycles. The first kappa shape index (κ1) is 18.2. The summed E-state index contributed by atoms with van der Waals surface area (Å²) in [5, 5.41) is 11.5. The summed E-state index contributed by atoms with van der Waals surface area (Å²) in [5.41, 5.74) is 2.35. The lowest BCUT2D eigenvalue weighted by molar-refractivity contribution is -0.129. The fourth-order valence-corrected chi connectivity index (χ4v) is 2.42. The zero-order chi connectivity index (χ0) is 18.1. The quantitative estimate of drug-likeness (QED) is 0.845. The molecule has 0 aliphatic carbocycles. The summed E-state index contributed by atoms with van der Waals surface area (Å²) in [6.45, 7) is 2.48. The fourth-order valence-electron chi connectivity index (χ4n) is 2.42. The van der Waals surface area contributed by atoms with Gasteiger partial charge in [-0.05, 0) is 36.2 Å². The molecule has 0 spiro atoms. The molecule has 0 atom stereocenters. The third-order valence-electron chi connectivity index (χ3n) is 3.87. The van der Waals surface area contributed by atoms with E-state index in [2.05, 4.69) is 5.32 Å². The first-order chi connectivity index (χ1) is 12.1. The first-order valence-corrected chi connectivity index (χ1v) is 8.18. The van der Waals surface area contributed by atoms with E-state index in [9.17, 15) is 9.59 Å². The van der Waals surface area contributed by atoms with Crippen LogP contribution in [0.4, 0.5) is 5.69 Å². The van der Waals surface area contributed by atoms with Gasteiger partial charge >= 0.3 is 0 Å². The molecular weight excluding hydrogens is 314 g/mol. The number of rotatable bonds is 7. The molecule has 128 valence electrons. The van der Waals surface area contributed by atoms with E-state index in [-0.39, 0.29) is 18.2 Å². The highest BCUT2D eigenvalue weighted by atomic mass is 16.2. The number of amides is 2. The predicted molar refractivity (Wildman–Crippen MR) is 96.8 cm³/mol. The van der Waals surface area contributed by atoms with Crippen molar-refractivity contribution in [3.63, 3.8) is 0 Å². The van der Waals surface area contributed by atoms with E-state index in [1.165, 1.54) is 6.92 Å². The Kier molecular flexibility index (Phi) is 6.73. The van der Waals surface area contributed by atoms with Crippen molar-refractivity contribution < 1.29 is 9.59 Å². The number of carbonyl (C=O) groups excluding carboxylic acids is 2. The van der Waals surface area contributed by atoms with E-state index in [1.807, 2.05) is 36.4 Å². The average Bonchev–Trinajstić information content (AvgIpc) is 2.63. The van der Waals surface area contributed by atoms with Crippen LogP contribution in [-0.4, -0.2) is 29.8 Å². The number of anilines is 1. The van der Waals surface area contributed by atoms with E-state index in [4.69, 9.17) is 5.26 Å². The topological polar surface area (TPSA) is 73.2 Å². The van der Waals surface area contributed by atoms with E-state index in [0.717, 1.165) is 12.0 Å². The highest BCUT2D eigenvalue weighted by molar-refractivity contribution is 5.91. The van der Waals surface area contributed by atoms with Gasteiger partial charge in [0.05, 0.1) is 11.6 Å². The minimum absolute atomic E-state index is 0.0397. The smallest absolute Gasteiger partial charge is 0.226 e. The van der Waals surface area contributed by atoms with E-state index in [0.29, 0.717) is 24.3 Å². The number of nitrogens with one attached hydrogen (secondary N) is 1. The van der Waals surface area contributed by atoms with E-state index >= 15 is 0 Å². The molecule has 2 amide bonds. The van der Waals surface area contributed by atoms with Crippen LogP contribution in [0.1, 0.15) is 24.5 Å². The molecule has 0 radical (unpaired) electrons. The summed E-state index contributed by atoms with van der Waals surface area (Å²) >= 11 is 0. The molecule has 0 saturated carbocycles. The Morgan fingerprint density at radius 2 is 1.72 bits per heavy atom. The number of nitrogens with zero attached hydrogens (tertiary/aromatic N) is 2. The van der Waals surface area contributed by atoms with Crippen molar-refractivity contribution in [2.24, 2.45) is 0 Å². The Morgan fingerprint density at radius 3 is 2.32 bits per heavy atom. The van der Waals surface area contributed by atoms with Crippen LogP contribution in [0.2, 0.25) is 0 Å². The van der Waals surface area contributed by atoms with Crippen LogP contribution in [0.5, 0.6) is 0 Å². The molecule has 0 aromatic heterocycles. The van der Waals surface area contributed by atoms with E-state index < -0.39 is 0 Å². The molecular formula is C20H21N3O2. The van der Waals surface area contributed by atoms with Crippen molar-refractivity contribution in [2.75, 3.05) is 18.4 Å². The number of nitriles is 1. The molecule has 5 nitrogen and oxygen atoms in total. The number of benzene rings is 2. The lowest BCUT2D eigenvalue weighted by atomic mass is 10.1. The van der Waals surface area contributed by atoms with Gasteiger partial charge in [0.2, 0.25) is 11.8 Å². The molecule has 0 aliphatic rings. The van der Waals surface area contributed by atoms with Crippen molar-refractivity contribution in [3.8, 4) is 6.07 Å². The van der Waals surface area contributed by atoms with Gasteiger partial charge in [-0.2, -0.15) is 5.26 Å². The molecule has 0 heterocycles. The van der Waals surface area contributed by atoms with Crippen LogP contribution in [-0.2, 0) is 16.0 Å². The van der Waals surface area contributed by atoms with Crippen LogP contribution in [0.3, 0.4) is 0 Å². The summed E-state index contributed by atoms with van der Waals surface area (Å²) in [6, 6.07) is 18.7. The zero-order valence-electron chi connectivity index (χ0n) is 14.2. The van der Waals surface area contributed by atoms with Crippen LogP contribution in [0, 0.1) is 11.3 Å². The second kappa shape index (κ2) is 9.24. The maximum Gasteiger partial charge on any atom is 0.226 e. The maximum atomic E-state index is 12.1. The van der Waals surface area contributed by atoms with Crippen molar-refractivity contribution in [3.05, 3.63) is 65.7 Å². The molecule has 0 bridgehead atoms. The second-order valence-corrected chi connectivity index (χ2v) is 5.73. The van der Waals surface area contributed by atoms with Crippen LogP contribution >= 0.6 is 0 Å². The Bertz CT molecular complexity index is 749. The first-order valence-electron chi connectivity index (χ1n) is 8.18. The molecule has 5 heteroatoms. The monoisotopic (exact) mass is 335 g/mol. The minimum Gasteiger partial charge on any atom is -0.342 e. The van der Waals surface area contributed by atoms with Crippen LogP contribution < -0.4 is 5.32 Å². The maximum absolute atomic E-state index is 12.1. The lowest BCUT2D eigenvalue weighted by Gasteiger charge is -2.21. The summed E-state index contributed by atoms with van der Waals surface area (Å²) < 4.78 is 0. The van der Waals surface area contributed by atoms with Gasteiger partial charge < -0.3 is 10.2 Å². The number of hydrogen-bond acceptors (Lipinski definition) is 3. The van der Waals surface area contributed by atoms with Gasteiger partial charge in [-0.15, -0.1) is 0 Å². The molecule has 0 fully saturated rings. The molecule has 0 unspecified atom stereocenters. The SMILES string of the molecule is CC(=O)N(CCC(=O)Nc1ccc(C#N)cc1)CCc1ccccc1. The Labute approximate surface area is 147 Å². The second-order valence-electron chi connectivity index (χ2n) is 5.73. The minimum atomic E-state index is -0.157. The Balaban J connectivity index is 1.82. The molecule has 0 saturated heterocycles. The van der Waals surface area contributed by atoms with Gasteiger partial charge in [-0.25, -0.2) is 0 Å². The van der Waals surface area contributed by atoms with E-state index in [1.54, 1.807) is 29.2 Å². The van der Waals surface area contributed by atoms with Gasteiger partial charge in [0.25, 0.3) is 0 Å². The molecule has 2 rings (SSSR count). The standard InChI is InChI=1S/C20H21N3O2/c1-16(24)23(13-11-17-5-3-2-4-6-17)14-12-20(25)22-19-9-7-18(15-21)8-10-19/h2-10H,11-14H2,1H3,(H,22,25). The fraction of sp³-hybridized carbons (Fsp3) is 0.250. The molecule has 1 N–H and O–H groups in total. The third kappa shape index (κ3) is 6.11. The summed E-state index contributed by atoms with van der Waals surface area (Å²) in [7, 11) is 0. The Morgan fingerprint density at radius 1 is 1.04 bits per heavy atom. The number of carbonyl (C=O) groups is 2. The van der Waals surface area contributed by atoms with Gasteiger partial charge in [-0.1, -0.05) is 30.3 Å². The predicted octanol–water partition coefficient (Wildman–Crippen LogP) is 2.98.